The Kier molecular flexibility index (Phi) is 2.97. The van der Waals surface area contributed by atoms with Crippen LogP contribution >= 0.6 is 0 Å². The molecule has 1 heterocycles. The lowest BCUT2D eigenvalue weighted by molar-refractivity contribution is 0.622. The maximum atomic E-state index is 13.2. The molecule has 3 heteroatoms. The molecule has 16 heavy (non-hydrogen) atoms. The maximum absolute atomic E-state index is 13.2. The number of hydrogen-bond donors (Lipinski definition) is 1. The van der Waals surface area contributed by atoms with E-state index in [1.54, 1.807) is 12.4 Å². The average molecular weight is 216 g/mol. The summed E-state index contributed by atoms with van der Waals surface area (Å²) in [6, 6.07) is 8.22. The molecule has 0 saturated carbocycles. The number of nitrogens with zero attached hydrogens (tertiary/aromatic N) is 1. The fourth-order valence-corrected chi connectivity index (χ4v) is 1.71. The molecule has 1 aromatic carbocycles. The SMILES string of the molecule is Cc1cc(F)cc(C(N)c2ccncc2)c1. The summed E-state index contributed by atoms with van der Waals surface area (Å²) in [5.74, 6) is -0.250. The van der Waals surface area contributed by atoms with E-state index in [1.165, 1.54) is 12.1 Å². The second-order valence-electron chi connectivity index (χ2n) is 3.82. The largest absolute Gasteiger partial charge is 0.320 e. The van der Waals surface area contributed by atoms with Gasteiger partial charge in [-0.05, 0) is 47.9 Å². The lowest BCUT2D eigenvalue weighted by Gasteiger charge is -2.13. The highest BCUT2D eigenvalue weighted by molar-refractivity contribution is 5.33. The number of halogens is 1. The highest BCUT2D eigenvalue weighted by Crippen LogP contribution is 2.20. The van der Waals surface area contributed by atoms with E-state index in [9.17, 15) is 4.39 Å². The van der Waals surface area contributed by atoms with Crippen molar-refractivity contribution in [1.29, 1.82) is 0 Å². The van der Waals surface area contributed by atoms with Crippen molar-refractivity contribution < 1.29 is 4.39 Å². The van der Waals surface area contributed by atoms with Gasteiger partial charge in [-0.25, -0.2) is 4.39 Å². The number of aromatic nitrogens is 1. The fourth-order valence-electron chi connectivity index (χ4n) is 1.71. The Bertz CT molecular complexity index is 462. The fraction of sp³-hybridized carbons (Fsp3) is 0.154. The van der Waals surface area contributed by atoms with E-state index in [4.69, 9.17) is 5.73 Å². The minimum absolute atomic E-state index is 0.250. The molecule has 1 unspecified atom stereocenters. The Labute approximate surface area is 93.9 Å². The molecule has 0 aliphatic heterocycles. The van der Waals surface area contributed by atoms with Crippen LogP contribution in [-0.2, 0) is 0 Å². The monoisotopic (exact) mass is 216 g/mol. The second-order valence-corrected chi connectivity index (χ2v) is 3.82. The summed E-state index contributed by atoms with van der Waals surface area (Å²) in [4.78, 5) is 3.93. The standard InChI is InChI=1S/C13H13FN2/c1-9-6-11(8-12(14)7-9)13(15)10-2-4-16-5-3-10/h2-8,13H,15H2,1H3. The molecular formula is C13H13FN2. The Morgan fingerprint density at radius 2 is 1.81 bits per heavy atom. The first kappa shape index (κ1) is 10.8. The topological polar surface area (TPSA) is 38.9 Å². The summed E-state index contributed by atoms with van der Waals surface area (Å²) < 4.78 is 13.2. The smallest absolute Gasteiger partial charge is 0.123 e. The summed E-state index contributed by atoms with van der Waals surface area (Å²) in [6.45, 7) is 1.85. The molecule has 0 radical (unpaired) electrons. The molecule has 0 amide bonds. The number of benzene rings is 1. The summed E-state index contributed by atoms with van der Waals surface area (Å²) >= 11 is 0. The van der Waals surface area contributed by atoms with Crippen LogP contribution in [-0.4, -0.2) is 4.98 Å². The molecule has 0 aliphatic carbocycles. The van der Waals surface area contributed by atoms with Gasteiger partial charge < -0.3 is 5.73 Å². The molecule has 0 aliphatic rings. The van der Waals surface area contributed by atoms with Gasteiger partial charge >= 0.3 is 0 Å². The van der Waals surface area contributed by atoms with Gasteiger partial charge in [-0.3, -0.25) is 4.98 Å². The lowest BCUT2D eigenvalue weighted by Crippen LogP contribution is -2.12. The van der Waals surface area contributed by atoms with Gasteiger partial charge in [0.15, 0.2) is 0 Å². The molecule has 2 nitrogen and oxygen atoms in total. The van der Waals surface area contributed by atoms with Crippen molar-refractivity contribution in [3.05, 3.63) is 65.2 Å². The predicted molar refractivity (Wildman–Crippen MR) is 61.4 cm³/mol. The molecule has 0 saturated heterocycles. The number of hydrogen-bond acceptors (Lipinski definition) is 2. The highest BCUT2D eigenvalue weighted by atomic mass is 19.1. The molecule has 2 aromatic rings. The molecular weight excluding hydrogens is 203 g/mol. The Morgan fingerprint density at radius 3 is 2.44 bits per heavy atom. The zero-order chi connectivity index (χ0) is 11.5. The zero-order valence-electron chi connectivity index (χ0n) is 9.02. The van der Waals surface area contributed by atoms with Gasteiger partial charge in [-0.1, -0.05) is 6.07 Å². The third-order valence-electron chi connectivity index (χ3n) is 2.49. The Balaban J connectivity index is 2.37. The van der Waals surface area contributed by atoms with Crippen molar-refractivity contribution in [2.75, 3.05) is 0 Å². The van der Waals surface area contributed by atoms with Crippen LogP contribution in [0.25, 0.3) is 0 Å². The quantitative estimate of drug-likeness (QED) is 0.838. The minimum Gasteiger partial charge on any atom is -0.320 e. The third kappa shape index (κ3) is 2.25. The number of rotatable bonds is 2. The summed E-state index contributed by atoms with van der Waals surface area (Å²) in [5.41, 5.74) is 8.65. The van der Waals surface area contributed by atoms with E-state index < -0.39 is 0 Å². The van der Waals surface area contributed by atoms with Crippen molar-refractivity contribution in [3.63, 3.8) is 0 Å². The third-order valence-corrected chi connectivity index (χ3v) is 2.49. The van der Waals surface area contributed by atoms with Gasteiger partial charge in [0.05, 0.1) is 6.04 Å². The van der Waals surface area contributed by atoms with Crippen LogP contribution in [0.4, 0.5) is 4.39 Å². The van der Waals surface area contributed by atoms with Crippen LogP contribution in [0.1, 0.15) is 22.7 Å². The number of aryl methyl sites for hydroxylation is 1. The van der Waals surface area contributed by atoms with Crippen LogP contribution in [0.15, 0.2) is 42.7 Å². The molecule has 2 rings (SSSR count). The van der Waals surface area contributed by atoms with Crippen LogP contribution in [0.5, 0.6) is 0 Å². The zero-order valence-corrected chi connectivity index (χ0v) is 9.02. The lowest BCUT2D eigenvalue weighted by atomic mass is 9.99. The number of nitrogens with two attached hydrogens (primary N) is 1. The van der Waals surface area contributed by atoms with Crippen molar-refractivity contribution in [2.24, 2.45) is 5.73 Å². The average Bonchev–Trinajstić information content (AvgIpc) is 2.28. The van der Waals surface area contributed by atoms with Gasteiger partial charge in [0.2, 0.25) is 0 Å². The van der Waals surface area contributed by atoms with E-state index in [0.717, 1.165) is 16.7 Å². The van der Waals surface area contributed by atoms with Gasteiger partial charge in [0.1, 0.15) is 5.82 Å². The van der Waals surface area contributed by atoms with Crippen molar-refractivity contribution >= 4 is 0 Å². The van der Waals surface area contributed by atoms with Gasteiger partial charge in [0, 0.05) is 12.4 Å². The predicted octanol–water partition coefficient (Wildman–Crippen LogP) is 2.58. The van der Waals surface area contributed by atoms with E-state index >= 15 is 0 Å². The van der Waals surface area contributed by atoms with Gasteiger partial charge in [-0.15, -0.1) is 0 Å². The van der Waals surface area contributed by atoms with E-state index in [0.29, 0.717) is 0 Å². The molecule has 82 valence electrons. The molecule has 0 fully saturated rings. The van der Waals surface area contributed by atoms with E-state index in [-0.39, 0.29) is 11.9 Å². The first-order valence-corrected chi connectivity index (χ1v) is 5.09. The van der Waals surface area contributed by atoms with Crippen molar-refractivity contribution in [2.45, 2.75) is 13.0 Å². The highest BCUT2D eigenvalue weighted by Gasteiger charge is 2.09. The second kappa shape index (κ2) is 4.41. The van der Waals surface area contributed by atoms with Crippen LogP contribution in [0.2, 0.25) is 0 Å². The van der Waals surface area contributed by atoms with E-state index in [1.807, 2.05) is 25.1 Å². The van der Waals surface area contributed by atoms with Gasteiger partial charge in [-0.2, -0.15) is 0 Å². The Hall–Kier alpha value is -1.74. The van der Waals surface area contributed by atoms with Crippen LogP contribution < -0.4 is 5.73 Å². The first-order valence-electron chi connectivity index (χ1n) is 5.09. The molecule has 1 atom stereocenters. The summed E-state index contributed by atoms with van der Waals surface area (Å²) in [5, 5.41) is 0. The minimum atomic E-state index is -0.308. The van der Waals surface area contributed by atoms with Gasteiger partial charge in [0.25, 0.3) is 0 Å². The van der Waals surface area contributed by atoms with E-state index in [2.05, 4.69) is 4.98 Å². The Morgan fingerprint density at radius 1 is 1.12 bits per heavy atom. The maximum Gasteiger partial charge on any atom is 0.123 e. The first-order chi connectivity index (χ1) is 7.66. The normalized spacial score (nSPS) is 12.4. The summed E-state index contributed by atoms with van der Waals surface area (Å²) in [7, 11) is 0. The molecule has 0 spiro atoms. The van der Waals surface area contributed by atoms with Crippen molar-refractivity contribution in [1.82, 2.24) is 4.98 Å². The van der Waals surface area contributed by atoms with Crippen LogP contribution in [0.3, 0.4) is 0 Å². The molecule has 0 bridgehead atoms. The number of pyridine rings is 1. The van der Waals surface area contributed by atoms with Crippen LogP contribution in [0, 0.1) is 12.7 Å². The van der Waals surface area contributed by atoms with Crippen molar-refractivity contribution in [3.8, 4) is 0 Å². The molecule has 1 aromatic heterocycles. The molecule has 2 N–H and O–H groups in total. The summed E-state index contributed by atoms with van der Waals surface area (Å²) in [6.07, 6.45) is 3.36.